The Bertz CT molecular complexity index is 1270. The smallest absolute Gasteiger partial charge is 0.265 e. The number of amides is 1. The van der Waals surface area contributed by atoms with Gasteiger partial charge in [-0.15, -0.1) is 11.3 Å². The molecule has 0 saturated heterocycles. The van der Waals surface area contributed by atoms with Gasteiger partial charge in [0.1, 0.15) is 10.8 Å². The topological polar surface area (TPSA) is 64.1 Å². The van der Waals surface area contributed by atoms with Gasteiger partial charge in [-0.2, -0.15) is 0 Å². The van der Waals surface area contributed by atoms with Crippen molar-refractivity contribution >= 4 is 27.5 Å². The van der Waals surface area contributed by atoms with E-state index >= 15 is 0 Å². The van der Waals surface area contributed by atoms with Gasteiger partial charge < -0.3 is 10.1 Å². The number of pyridine rings is 1. The number of halogens is 2. The summed E-state index contributed by atoms with van der Waals surface area (Å²) in [6.07, 6.45) is 0.772. The lowest BCUT2D eigenvalue weighted by Gasteiger charge is -2.26. The molecular formula is C23H17F2N3O2S. The van der Waals surface area contributed by atoms with E-state index < -0.39 is 6.43 Å². The first-order chi connectivity index (χ1) is 15.1. The third-order valence-corrected chi connectivity index (χ3v) is 6.24. The maximum absolute atomic E-state index is 13.0. The van der Waals surface area contributed by atoms with Crippen LogP contribution in [0.1, 0.15) is 40.4 Å². The average molecular weight is 437 g/mol. The fourth-order valence-electron chi connectivity index (χ4n) is 3.62. The Balaban J connectivity index is 1.40. The molecule has 0 saturated carbocycles. The first-order valence-electron chi connectivity index (χ1n) is 9.75. The molecule has 0 fully saturated rings. The van der Waals surface area contributed by atoms with Crippen LogP contribution in [0.15, 0.2) is 60.9 Å². The number of ether oxygens (including phenoxy) is 1. The van der Waals surface area contributed by atoms with E-state index in [-0.39, 0.29) is 17.5 Å². The number of rotatable bonds is 4. The van der Waals surface area contributed by atoms with Gasteiger partial charge in [0, 0.05) is 41.1 Å². The Morgan fingerprint density at radius 3 is 2.90 bits per heavy atom. The van der Waals surface area contributed by atoms with Crippen LogP contribution in [-0.2, 0) is 0 Å². The molecule has 4 aromatic rings. The van der Waals surface area contributed by atoms with Crippen LogP contribution in [0.4, 0.5) is 8.78 Å². The molecule has 8 heteroatoms. The van der Waals surface area contributed by atoms with Crippen LogP contribution < -0.4 is 10.1 Å². The number of nitrogens with one attached hydrogen (secondary N) is 1. The molecule has 1 N–H and O–H groups in total. The molecule has 3 heterocycles. The van der Waals surface area contributed by atoms with Gasteiger partial charge in [-0.1, -0.05) is 18.2 Å². The van der Waals surface area contributed by atoms with E-state index in [9.17, 15) is 13.6 Å². The molecule has 1 aliphatic rings. The summed E-state index contributed by atoms with van der Waals surface area (Å²) >= 11 is 1.34. The van der Waals surface area contributed by atoms with Crippen molar-refractivity contribution in [2.75, 3.05) is 6.61 Å². The molecule has 0 bridgehead atoms. The van der Waals surface area contributed by atoms with E-state index in [1.165, 1.54) is 23.6 Å². The molecule has 5 rings (SSSR count). The van der Waals surface area contributed by atoms with Crippen molar-refractivity contribution in [3.8, 4) is 16.3 Å². The van der Waals surface area contributed by atoms with Crippen molar-refractivity contribution in [2.45, 2.75) is 18.9 Å². The Hall–Kier alpha value is -3.39. The molecule has 1 atom stereocenters. The number of thiazole rings is 1. The summed E-state index contributed by atoms with van der Waals surface area (Å²) in [6, 6.07) is 14.2. The molecule has 0 spiro atoms. The minimum absolute atomic E-state index is 0.117. The van der Waals surface area contributed by atoms with Crippen LogP contribution >= 0.6 is 11.3 Å². The summed E-state index contributed by atoms with van der Waals surface area (Å²) in [6.45, 7) is 0.547. The lowest BCUT2D eigenvalue weighted by Crippen LogP contribution is -2.32. The zero-order valence-electron chi connectivity index (χ0n) is 16.2. The number of fused-ring (bicyclic) bond motifs is 2. The van der Waals surface area contributed by atoms with Crippen molar-refractivity contribution in [2.24, 2.45) is 0 Å². The van der Waals surface area contributed by atoms with E-state index in [1.807, 2.05) is 24.3 Å². The third-order valence-electron chi connectivity index (χ3n) is 5.17. The van der Waals surface area contributed by atoms with Crippen molar-refractivity contribution < 1.29 is 18.3 Å². The number of hydrogen-bond acceptors (Lipinski definition) is 5. The molecule has 156 valence electrons. The number of carbonyl (C=O) groups is 1. The summed E-state index contributed by atoms with van der Waals surface area (Å²) in [5, 5.41) is 3.67. The molecule has 0 aliphatic carbocycles. The highest BCUT2D eigenvalue weighted by molar-refractivity contribution is 7.21. The van der Waals surface area contributed by atoms with Gasteiger partial charge in [0.15, 0.2) is 0 Å². The predicted octanol–water partition coefficient (Wildman–Crippen LogP) is 5.55. The van der Waals surface area contributed by atoms with Crippen LogP contribution in [0.25, 0.3) is 20.8 Å². The first kappa shape index (κ1) is 19.6. The van der Waals surface area contributed by atoms with Crippen LogP contribution in [0.5, 0.6) is 5.75 Å². The SMILES string of the molecule is O=C(N[C@H]1CCOc2ccccc21)c1ccc2nc(-c3cncc(C(F)F)c3)sc2c1. The third kappa shape index (κ3) is 3.86. The predicted molar refractivity (Wildman–Crippen MR) is 115 cm³/mol. The maximum atomic E-state index is 13.0. The summed E-state index contributed by atoms with van der Waals surface area (Å²) in [5.41, 5.74) is 2.58. The van der Waals surface area contributed by atoms with Crippen molar-refractivity contribution in [3.05, 3.63) is 77.6 Å². The second kappa shape index (κ2) is 8.03. The Kier molecular flexibility index (Phi) is 5.07. The molecular weight excluding hydrogens is 420 g/mol. The highest BCUT2D eigenvalue weighted by atomic mass is 32.1. The van der Waals surface area contributed by atoms with E-state index in [2.05, 4.69) is 15.3 Å². The largest absolute Gasteiger partial charge is 0.493 e. The normalized spacial score (nSPS) is 15.5. The lowest BCUT2D eigenvalue weighted by molar-refractivity contribution is 0.0925. The number of nitrogens with zero attached hydrogens (tertiary/aromatic N) is 2. The first-order valence-corrected chi connectivity index (χ1v) is 10.6. The standard InChI is InChI=1S/C23H17F2N3O2S/c24-21(25)14-9-15(12-26-11-14)23-28-18-6-5-13(10-20(18)31-23)22(29)27-17-7-8-30-19-4-2-1-3-16(17)19/h1-6,9-12,17,21H,7-8H2,(H,27,29)/t17-/m0/s1. The second-order valence-electron chi connectivity index (χ2n) is 7.21. The van der Waals surface area contributed by atoms with Crippen LogP contribution in [0.2, 0.25) is 0 Å². The van der Waals surface area contributed by atoms with Gasteiger partial charge in [-0.05, 0) is 30.3 Å². The second-order valence-corrected chi connectivity index (χ2v) is 8.24. The van der Waals surface area contributed by atoms with Gasteiger partial charge in [-0.3, -0.25) is 9.78 Å². The summed E-state index contributed by atoms with van der Waals surface area (Å²) in [4.78, 5) is 21.3. The molecule has 2 aromatic heterocycles. The van der Waals surface area contributed by atoms with Gasteiger partial charge in [-0.25, -0.2) is 13.8 Å². The van der Waals surface area contributed by atoms with Crippen LogP contribution in [0.3, 0.4) is 0 Å². The fourth-order valence-corrected chi connectivity index (χ4v) is 4.60. The molecule has 1 amide bonds. The molecule has 5 nitrogen and oxygen atoms in total. The number of aromatic nitrogens is 2. The molecule has 0 radical (unpaired) electrons. The van der Waals surface area contributed by atoms with E-state index in [0.29, 0.717) is 34.7 Å². The van der Waals surface area contributed by atoms with E-state index in [4.69, 9.17) is 4.74 Å². The van der Waals surface area contributed by atoms with Crippen molar-refractivity contribution in [3.63, 3.8) is 0 Å². The number of hydrogen-bond donors (Lipinski definition) is 1. The van der Waals surface area contributed by atoms with Crippen LogP contribution in [-0.4, -0.2) is 22.5 Å². The van der Waals surface area contributed by atoms with Crippen molar-refractivity contribution in [1.29, 1.82) is 0 Å². The Labute approximate surface area is 180 Å². The molecule has 1 aliphatic heterocycles. The lowest BCUT2D eigenvalue weighted by atomic mass is 10.00. The summed E-state index contributed by atoms with van der Waals surface area (Å²) in [5.74, 6) is 0.612. The van der Waals surface area contributed by atoms with Crippen molar-refractivity contribution in [1.82, 2.24) is 15.3 Å². The Morgan fingerprint density at radius 2 is 2.03 bits per heavy atom. The zero-order chi connectivity index (χ0) is 21.4. The number of alkyl halides is 2. The van der Waals surface area contributed by atoms with Gasteiger partial charge in [0.25, 0.3) is 12.3 Å². The highest BCUT2D eigenvalue weighted by Crippen LogP contribution is 2.34. The molecule has 2 aromatic carbocycles. The average Bonchev–Trinajstić information content (AvgIpc) is 3.23. The summed E-state index contributed by atoms with van der Waals surface area (Å²) in [7, 11) is 0. The number of benzene rings is 2. The minimum atomic E-state index is -2.59. The minimum Gasteiger partial charge on any atom is -0.493 e. The molecule has 31 heavy (non-hydrogen) atoms. The van der Waals surface area contributed by atoms with Gasteiger partial charge >= 0.3 is 0 Å². The Morgan fingerprint density at radius 1 is 1.16 bits per heavy atom. The fraction of sp³-hybridized carbons (Fsp3) is 0.174. The van der Waals surface area contributed by atoms with E-state index in [1.54, 1.807) is 18.2 Å². The molecule has 0 unspecified atom stereocenters. The number of carbonyl (C=O) groups excluding carboxylic acids is 1. The highest BCUT2D eigenvalue weighted by Gasteiger charge is 2.23. The monoisotopic (exact) mass is 437 g/mol. The summed E-state index contributed by atoms with van der Waals surface area (Å²) < 4.78 is 32.4. The zero-order valence-corrected chi connectivity index (χ0v) is 17.0. The number of para-hydroxylation sites is 1. The maximum Gasteiger partial charge on any atom is 0.265 e. The van der Waals surface area contributed by atoms with Gasteiger partial charge in [0.05, 0.1) is 22.9 Å². The van der Waals surface area contributed by atoms with Gasteiger partial charge in [0.2, 0.25) is 0 Å². The van der Waals surface area contributed by atoms with Crippen LogP contribution in [0, 0.1) is 0 Å². The van der Waals surface area contributed by atoms with E-state index in [0.717, 1.165) is 22.2 Å². The quantitative estimate of drug-likeness (QED) is 0.455.